The molecule has 0 saturated heterocycles. The van der Waals surface area contributed by atoms with Crippen molar-refractivity contribution < 1.29 is 4.79 Å². The predicted octanol–water partition coefficient (Wildman–Crippen LogP) is 2.62. The molecule has 0 spiro atoms. The first-order valence-corrected chi connectivity index (χ1v) is 8.88. The summed E-state index contributed by atoms with van der Waals surface area (Å²) in [5.41, 5.74) is 1.29. The molecule has 0 aromatic carbocycles. The highest BCUT2D eigenvalue weighted by molar-refractivity contribution is 7.10. The lowest BCUT2D eigenvalue weighted by Crippen LogP contribution is -2.34. The molecule has 2 rings (SSSR count). The number of nitrogens with one attached hydrogen (secondary N) is 1. The van der Waals surface area contributed by atoms with Gasteiger partial charge in [-0.1, -0.05) is 6.92 Å². The van der Waals surface area contributed by atoms with Crippen LogP contribution in [0.5, 0.6) is 0 Å². The molecule has 2 aromatic rings. The van der Waals surface area contributed by atoms with Gasteiger partial charge in [-0.15, -0.1) is 11.3 Å². The first kappa shape index (κ1) is 17.7. The second-order valence-electron chi connectivity index (χ2n) is 5.89. The molecule has 2 aromatic heterocycles. The van der Waals surface area contributed by atoms with Crippen molar-refractivity contribution in [2.24, 2.45) is 0 Å². The van der Waals surface area contributed by atoms with Crippen molar-refractivity contribution in [2.75, 3.05) is 20.6 Å². The Kier molecular flexibility index (Phi) is 6.36. The third kappa shape index (κ3) is 4.65. The number of hydrogen-bond acceptors (Lipinski definition) is 4. The third-order valence-electron chi connectivity index (χ3n) is 4.02. The minimum atomic E-state index is 0.0850. The topological polar surface area (TPSA) is 50.2 Å². The fourth-order valence-corrected chi connectivity index (χ4v) is 3.74. The highest BCUT2D eigenvalue weighted by Crippen LogP contribution is 2.26. The summed E-state index contributed by atoms with van der Waals surface area (Å²) in [6, 6.07) is 2.35. The fraction of sp³-hybridized carbons (Fsp3) is 0.529. The Labute approximate surface area is 142 Å². The minimum absolute atomic E-state index is 0.0850. The lowest BCUT2D eigenvalue weighted by molar-refractivity contribution is -0.121. The van der Waals surface area contributed by atoms with Gasteiger partial charge in [-0.05, 0) is 38.0 Å². The summed E-state index contributed by atoms with van der Waals surface area (Å²) in [5.74, 6) is 1.11. The zero-order valence-corrected chi connectivity index (χ0v) is 15.2. The molecule has 1 amide bonds. The number of amides is 1. The maximum Gasteiger partial charge on any atom is 0.221 e. The van der Waals surface area contributed by atoms with Crippen molar-refractivity contribution >= 4 is 17.2 Å². The summed E-state index contributed by atoms with van der Waals surface area (Å²) >= 11 is 1.75. The SMILES string of the molecule is CCc1nccn1CCC(=O)NCC(c1sccc1C)N(C)C. The van der Waals surface area contributed by atoms with E-state index in [1.807, 2.05) is 10.8 Å². The fourth-order valence-electron chi connectivity index (χ4n) is 2.61. The van der Waals surface area contributed by atoms with Crippen molar-refractivity contribution in [1.29, 1.82) is 0 Å². The first-order chi connectivity index (χ1) is 11.0. The number of carbonyl (C=O) groups excluding carboxylic acids is 1. The summed E-state index contributed by atoms with van der Waals surface area (Å²) in [5, 5.41) is 5.18. The molecule has 0 radical (unpaired) electrons. The van der Waals surface area contributed by atoms with Gasteiger partial charge in [-0.2, -0.15) is 0 Å². The Morgan fingerprint density at radius 2 is 2.26 bits per heavy atom. The van der Waals surface area contributed by atoms with Crippen LogP contribution in [0.1, 0.15) is 35.7 Å². The molecule has 23 heavy (non-hydrogen) atoms. The average molecular weight is 334 g/mol. The van der Waals surface area contributed by atoms with Crippen molar-refractivity contribution in [3.8, 4) is 0 Å². The van der Waals surface area contributed by atoms with E-state index in [9.17, 15) is 4.79 Å². The van der Waals surface area contributed by atoms with Gasteiger partial charge in [-0.25, -0.2) is 4.98 Å². The van der Waals surface area contributed by atoms with Gasteiger partial charge in [-0.3, -0.25) is 4.79 Å². The number of rotatable bonds is 8. The van der Waals surface area contributed by atoms with E-state index in [2.05, 4.69) is 54.6 Å². The summed E-state index contributed by atoms with van der Waals surface area (Å²) < 4.78 is 2.05. The van der Waals surface area contributed by atoms with Crippen LogP contribution in [-0.4, -0.2) is 41.0 Å². The quantitative estimate of drug-likeness (QED) is 0.807. The van der Waals surface area contributed by atoms with Crippen LogP contribution >= 0.6 is 11.3 Å². The van der Waals surface area contributed by atoms with E-state index in [0.717, 1.165) is 12.2 Å². The van der Waals surface area contributed by atoms with Crippen molar-refractivity contribution in [3.05, 3.63) is 40.1 Å². The van der Waals surface area contributed by atoms with Gasteiger partial charge < -0.3 is 14.8 Å². The van der Waals surface area contributed by atoms with Crippen molar-refractivity contribution in [3.63, 3.8) is 0 Å². The maximum atomic E-state index is 12.2. The van der Waals surface area contributed by atoms with Gasteiger partial charge in [0.25, 0.3) is 0 Å². The summed E-state index contributed by atoms with van der Waals surface area (Å²) in [6.07, 6.45) is 5.09. The lowest BCUT2D eigenvalue weighted by Gasteiger charge is -2.24. The third-order valence-corrected chi connectivity index (χ3v) is 5.14. The van der Waals surface area contributed by atoms with E-state index >= 15 is 0 Å². The Morgan fingerprint density at radius 1 is 1.48 bits per heavy atom. The van der Waals surface area contributed by atoms with E-state index in [1.165, 1.54) is 10.4 Å². The summed E-state index contributed by atoms with van der Waals surface area (Å²) in [7, 11) is 4.10. The number of likely N-dealkylation sites (N-methyl/N-ethyl adjacent to an activating group) is 1. The number of aromatic nitrogens is 2. The standard InChI is InChI=1S/C17H26N4OS/c1-5-15-18-8-10-21(15)9-6-16(22)19-12-14(20(3)4)17-13(2)7-11-23-17/h7-8,10-11,14H,5-6,9,12H2,1-4H3,(H,19,22). The van der Waals surface area contributed by atoms with Crippen LogP contribution in [0.3, 0.4) is 0 Å². The molecule has 0 fully saturated rings. The van der Waals surface area contributed by atoms with Crippen molar-refractivity contribution in [2.45, 2.75) is 39.3 Å². The van der Waals surface area contributed by atoms with Crippen LogP contribution in [0.25, 0.3) is 0 Å². The number of carbonyl (C=O) groups is 1. The molecule has 0 aliphatic heterocycles. The second-order valence-corrected chi connectivity index (χ2v) is 6.84. The van der Waals surface area contributed by atoms with Crippen LogP contribution in [0.15, 0.2) is 23.8 Å². The largest absolute Gasteiger partial charge is 0.354 e. The molecule has 1 atom stereocenters. The van der Waals surface area contributed by atoms with E-state index in [1.54, 1.807) is 17.5 Å². The smallest absolute Gasteiger partial charge is 0.221 e. The molecular weight excluding hydrogens is 308 g/mol. The Morgan fingerprint density at radius 3 is 2.87 bits per heavy atom. The Balaban J connectivity index is 1.86. The van der Waals surface area contributed by atoms with E-state index in [4.69, 9.17) is 0 Å². The Bertz CT molecular complexity index is 632. The monoisotopic (exact) mass is 334 g/mol. The zero-order valence-electron chi connectivity index (χ0n) is 14.4. The number of nitrogens with zero attached hydrogens (tertiary/aromatic N) is 3. The van der Waals surface area contributed by atoms with Crippen LogP contribution in [0.4, 0.5) is 0 Å². The second kappa shape index (κ2) is 8.26. The van der Waals surface area contributed by atoms with Gasteiger partial charge in [0.1, 0.15) is 5.82 Å². The predicted molar refractivity (Wildman–Crippen MR) is 94.7 cm³/mol. The normalized spacial score (nSPS) is 12.6. The van der Waals surface area contributed by atoms with Gasteiger partial charge in [0.2, 0.25) is 5.91 Å². The molecule has 0 aliphatic carbocycles. The lowest BCUT2D eigenvalue weighted by atomic mass is 10.1. The molecule has 6 heteroatoms. The van der Waals surface area contributed by atoms with Gasteiger partial charge in [0.05, 0.1) is 6.04 Å². The number of hydrogen-bond donors (Lipinski definition) is 1. The molecule has 0 aliphatic rings. The van der Waals surface area contributed by atoms with E-state index in [-0.39, 0.29) is 11.9 Å². The number of imidazole rings is 1. The van der Waals surface area contributed by atoms with Crippen LogP contribution in [0.2, 0.25) is 0 Å². The van der Waals surface area contributed by atoms with Crippen LogP contribution < -0.4 is 5.32 Å². The maximum absolute atomic E-state index is 12.2. The molecule has 2 heterocycles. The molecule has 126 valence electrons. The highest BCUT2D eigenvalue weighted by Gasteiger charge is 2.18. The van der Waals surface area contributed by atoms with E-state index in [0.29, 0.717) is 19.5 Å². The van der Waals surface area contributed by atoms with Gasteiger partial charge in [0, 0.05) is 43.2 Å². The molecular formula is C17H26N4OS. The van der Waals surface area contributed by atoms with Crippen LogP contribution in [0, 0.1) is 6.92 Å². The molecule has 0 saturated carbocycles. The summed E-state index contributed by atoms with van der Waals surface area (Å²) in [4.78, 5) is 19.9. The molecule has 0 bridgehead atoms. The molecule has 1 N–H and O–H groups in total. The number of aryl methyl sites for hydroxylation is 3. The van der Waals surface area contributed by atoms with Gasteiger partial charge >= 0.3 is 0 Å². The minimum Gasteiger partial charge on any atom is -0.354 e. The summed E-state index contributed by atoms with van der Waals surface area (Å²) in [6.45, 7) is 5.51. The zero-order chi connectivity index (χ0) is 16.8. The first-order valence-electron chi connectivity index (χ1n) is 8.00. The highest BCUT2D eigenvalue weighted by atomic mass is 32.1. The Hall–Kier alpha value is -1.66. The van der Waals surface area contributed by atoms with Crippen molar-refractivity contribution in [1.82, 2.24) is 19.8 Å². The number of thiophene rings is 1. The average Bonchev–Trinajstić information content (AvgIpc) is 3.14. The van der Waals surface area contributed by atoms with E-state index < -0.39 is 0 Å². The van der Waals surface area contributed by atoms with Crippen LogP contribution in [-0.2, 0) is 17.8 Å². The van der Waals surface area contributed by atoms with Gasteiger partial charge in [0.15, 0.2) is 0 Å². The molecule has 5 nitrogen and oxygen atoms in total. The molecule has 1 unspecified atom stereocenters.